The standard InChI is InChI=1S/C9H14N3O/c1-12(13)7-3-9(4-8-12)11-6-2-5-10-11/h5-6,9H,3-4,7-8H2,1H3. The van der Waals surface area contributed by atoms with E-state index in [1.165, 1.54) is 0 Å². The lowest BCUT2D eigenvalue weighted by molar-refractivity contribution is -0.866. The van der Waals surface area contributed by atoms with Gasteiger partial charge in [0.15, 0.2) is 0 Å². The summed E-state index contributed by atoms with van der Waals surface area (Å²) in [5.41, 5.74) is 0. The summed E-state index contributed by atoms with van der Waals surface area (Å²) in [6, 6.07) is 3.33. The molecule has 0 unspecified atom stereocenters. The van der Waals surface area contributed by atoms with Crippen LogP contribution < -0.4 is 0 Å². The summed E-state index contributed by atoms with van der Waals surface area (Å²) >= 11 is 0. The summed E-state index contributed by atoms with van der Waals surface area (Å²) < 4.78 is 1.82. The molecule has 0 aromatic carbocycles. The second kappa shape index (κ2) is 3.12. The topological polar surface area (TPSA) is 40.9 Å². The molecule has 0 amide bonds. The summed E-state index contributed by atoms with van der Waals surface area (Å²) in [5, 5.41) is 15.7. The molecule has 0 bridgehead atoms. The Bertz CT molecular complexity index is 258. The molecule has 71 valence electrons. The van der Waals surface area contributed by atoms with Crippen LogP contribution in [0.3, 0.4) is 0 Å². The minimum atomic E-state index is -0.0958. The average Bonchev–Trinajstić information content (AvgIpc) is 2.56. The summed E-state index contributed by atoms with van der Waals surface area (Å²) in [6.07, 6.45) is 5.37. The van der Waals surface area contributed by atoms with Crippen LogP contribution in [-0.4, -0.2) is 34.6 Å². The third-order valence-electron chi connectivity index (χ3n) is 2.72. The van der Waals surface area contributed by atoms with Crippen molar-refractivity contribution < 1.29 is 4.65 Å². The largest absolute Gasteiger partial charge is 0.633 e. The molecule has 2 rings (SSSR count). The van der Waals surface area contributed by atoms with Crippen LogP contribution in [0.5, 0.6) is 0 Å². The summed E-state index contributed by atoms with van der Waals surface area (Å²) in [5.74, 6) is 0. The maximum atomic E-state index is 11.5. The van der Waals surface area contributed by atoms with Crippen molar-refractivity contribution in [2.45, 2.75) is 18.9 Å². The van der Waals surface area contributed by atoms with E-state index in [4.69, 9.17) is 0 Å². The number of nitrogens with zero attached hydrogens (tertiary/aromatic N) is 3. The molecule has 0 saturated carbocycles. The third kappa shape index (κ3) is 1.89. The van der Waals surface area contributed by atoms with Gasteiger partial charge in [0.2, 0.25) is 0 Å². The number of quaternary nitrogens is 1. The summed E-state index contributed by atoms with van der Waals surface area (Å²) in [7, 11) is 1.74. The first-order valence-corrected chi connectivity index (χ1v) is 4.63. The Morgan fingerprint density at radius 3 is 2.77 bits per heavy atom. The average molecular weight is 180 g/mol. The fourth-order valence-electron chi connectivity index (χ4n) is 1.81. The van der Waals surface area contributed by atoms with E-state index < -0.39 is 0 Å². The highest BCUT2D eigenvalue weighted by molar-refractivity contribution is 4.80. The summed E-state index contributed by atoms with van der Waals surface area (Å²) in [6.45, 7) is 1.40. The zero-order valence-electron chi connectivity index (χ0n) is 7.81. The van der Waals surface area contributed by atoms with Crippen LogP contribution in [0.2, 0.25) is 0 Å². The predicted molar refractivity (Wildman–Crippen MR) is 48.6 cm³/mol. The van der Waals surface area contributed by atoms with E-state index in [9.17, 15) is 5.21 Å². The van der Waals surface area contributed by atoms with Crippen LogP contribution in [0.4, 0.5) is 0 Å². The first kappa shape index (κ1) is 8.72. The van der Waals surface area contributed by atoms with Crippen LogP contribution in [0.15, 0.2) is 12.4 Å². The molecule has 1 aromatic rings. The molecule has 0 aliphatic carbocycles. The van der Waals surface area contributed by atoms with Gasteiger partial charge in [0.05, 0.1) is 32.4 Å². The van der Waals surface area contributed by atoms with Crippen molar-refractivity contribution >= 4 is 0 Å². The number of hydrogen-bond donors (Lipinski definition) is 0. The monoisotopic (exact) mass is 180 g/mol. The molecule has 1 aliphatic heterocycles. The van der Waals surface area contributed by atoms with Crippen molar-refractivity contribution in [3.05, 3.63) is 23.7 Å². The summed E-state index contributed by atoms with van der Waals surface area (Å²) in [4.78, 5) is 0. The van der Waals surface area contributed by atoms with Gasteiger partial charge in [-0.3, -0.25) is 4.68 Å². The Kier molecular flexibility index (Phi) is 2.09. The molecule has 13 heavy (non-hydrogen) atoms. The highest BCUT2D eigenvalue weighted by atomic mass is 16.5. The van der Waals surface area contributed by atoms with Crippen molar-refractivity contribution in [1.82, 2.24) is 9.78 Å². The van der Waals surface area contributed by atoms with E-state index in [-0.39, 0.29) is 4.65 Å². The lowest BCUT2D eigenvalue weighted by Crippen LogP contribution is -2.44. The molecule has 1 saturated heterocycles. The van der Waals surface area contributed by atoms with Gasteiger partial charge in [-0.15, -0.1) is 0 Å². The number of piperidine rings is 1. The van der Waals surface area contributed by atoms with E-state index in [0.717, 1.165) is 12.8 Å². The van der Waals surface area contributed by atoms with Gasteiger partial charge in [-0.25, -0.2) is 0 Å². The molecule has 0 atom stereocenters. The van der Waals surface area contributed by atoms with Crippen molar-refractivity contribution in [2.24, 2.45) is 0 Å². The predicted octanol–water partition coefficient (Wildman–Crippen LogP) is 0.963. The molecule has 1 aromatic heterocycles. The minimum absolute atomic E-state index is 0.0958. The normalized spacial score (nSPS) is 34.8. The van der Waals surface area contributed by atoms with Crippen molar-refractivity contribution in [1.29, 1.82) is 0 Å². The molecular formula is C9H14N3O. The number of likely N-dealkylation sites (tertiary alicyclic amines) is 1. The molecule has 4 nitrogen and oxygen atoms in total. The number of hydrogen-bond acceptors (Lipinski definition) is 2. The van der Waals surface area contributed by atoms with Crippen molar-refractivity contribution in [3.63, 3.8) is 0 Å². The highest BCUT2D eigenvalue weighted by Gasteiger charge is 2.24. The van der Waals surface area contributed by atoms with Gasteiger partial charge in [0, 0.05) is 25.1 Å². The molecular weight excluding hydrogens is 166 g/mol. The van der Waals surface area contributed by atoms with Gasteiger partial charge in [-0.05, 0) is 0 Å². The Morgan fingerprint density at radius 1 is 1.54 bits per heavy atom. The van der Waals surface area contributed by atoms with Gasteiger partial charge in [0.25, 0.3) is 0 Å². The van der Waals surface area contributed by atoms with Gasteiger partial charge < -0.3 is 9.85 Å². The van der Waals surface area contributed by atoms with Crippen LogP contribution in [0, 0.1) is 11.3 Å². The van der Waals surface area contributed by atoms with Crippen LogP contribution in [0.1, 0.15) is 18.9 Å². The lowest BCUT2D eigenvalue weighted by atomic mass is 10.1. The second-order valence-corrected chi connectivity index (χ2v) is 3.90. The molecule has 1 aliphatic rings. The first-order valence-electron chi connectivity index (χ1n) is 4.63. The maximum absolute atomic E-state index is 11.5. The van der Waals surface area contributed by atoms with Gasteiger partial charge >= 0.3 is 0 Å². The Balaban J connectivity index is 1.99. The minimum Gasteiger partial charge on any atom is -0.633 e. The lowest BCUT2D eigenvalue weighted by Gasteiger charge is -2.43. The second-order valence-electron chi connectivity index (χ2n) is 3.90. The molecule has 2 heterocycles. The maximum Gasteiger partial charge on any atom is 0.0802 e. The van der Waals surface area contributed by atoms with Crippen LogP contribution >= 0.6 is 0 Å². The Labute approximate surface area is 77.9 Å². The van der Waals surface area contributed by atoms with E-state index in [2.05, 4.69) is 11.2 Å². The quantitative estimate of drug-likeness (QED) is 0.477. The van der Waals surface area contributed by atoms with E-state index >= 15 is 0 Å². The molecule has 4 heteroatoms. The van der Waals surface area contributed by atoms with Crippen LogP contribution in [0.25, 0.3) is 0 Å². The zero-order chi connectivity index (χ0) is 9.31. The van der Waals surface area contributed by atoms with E-state index in [0.29, 0.717) is 19.1 Å². The molecule has 0 N–H and O–H groups in total. The fraction of sp³-hybridized carbons (Fsp3) is 0.667. The molecule has 1 fully saturated rings. The zero-order valence-corrected chi connectivity index (χ0v) is 7.81. The van der Waals surface area contributed by atoms with Crippen molar-refractivity contribution in [2.75, 3.05) is 20.1 Å². The first-order chi connectivity index (χ1) is 6.17. The highest BCUT2D eigenvalue weighted by Crippen LogP contribution is 2.24. The Hall–Kier alpha value is -0.870. The van der Waals surface area contributed by atoms with Crippen molar-refractivity contribution in [3.8, 4) is 0 Å². The van der Waals surface area contributed by atoms with E-state index in [1.54, 1.807) is 13.2 Å². The molecule has 0 spiro atoms. The number of rotatable bonds is 1. The SMILES string of the molecule is C[N+]1([O-])CCC(n2c[c]cn2)CC1. The molecule has 1 radical (unpaired) electrons. The smallest absolute Gasteiger partial charge is 0.0802 e. The van der Waals surface area contributed by atoms with Crippen LogP contribution in [-0.2, 0) is 0 Å². The fourth-order valence-corrected chi connectivity index (χ4v) is 1.81. The van der Waals surface area contributed by atoms with Gasteiger partial charge in [-0.2, -0.15) is 5.10 Å². The Morgan fingerprint density at radius 2 is 2.23 bits per heavy atom. The van der Waals surface area contributed by atoms with Gasteiger partial charge in [-0.1, -0.05) is 0 Å². The number of aromatic nitrogens is 2. The number of hydroxylamine groups is 3. The van der Waals surface area contributed by atoms with E-state index in [1.807, 2.05) is 10.9 Å². The third-order valence-corrected chi connectivity index (χ3v) is 2.72. The van der Waals surface area contributed by atoms with Gasteiger partial charge in [0.1, 0.15) is 0 Å².